The van der Waals surface area contributed by atoms with Crippen molar-refractivity contribution >= 4 is 22.4 Å². The fourth-order valence-electron chi connectivity index (χ4n) is 2.71. The number of nitrogens with one attached hydrogen (secondary N) is 1. The molecule has 0 saturated carbocycles. The average molecular weight is 384 g/mol. The lowest BCUT2D eigenvalue weighted by Crippen LogP contribution is -2.29. The van der Waals surface area contributed by atoms with Crippen molar-refractivity contribution in [3.8, 4) is 11.1 Å². The summed E-state index contributed by atoms with van der Waals surface area (Å²) in [5.74, 6) is -1.90. The maximum atomic E-state index is 14.2. The summed E-state index contributed by atoms with van der Waals surface area (Å²) in [4.78, 5) is 16.7. The summed E-state index contributed by atoms with van der Waals surface area (Å²) in [6.07, 6.45) is -3.44. The maximum absolute atomic E-state index is 14.2. The Hall–Kier alpha value is -3.17. The molecule has 3 rings (SSSR count). The van der Waals surface area contributed by atoms with Crippen molar-refractivity contribution in [2.75, 3.05) is 18.1 Å². The Kier molecular flexibility index (Phi) is 4.50. The third-order valence-electron chi connectivity index (χ3n) is 3.95. The van der Waals surface area contributed by atoms with Crippen molar-refractivity contribution in [1.29, 1.82) is 0 Å². The van der Waals surface area contributed by atoms with Crippen molar-refractivity contribution < 1.29 is 22.0 Å². The van der Waals surface area contributed by atoms with Crippen LogP contribution in [0.25, 0.3) is 22.0 Å². The summed E-state index contributed by atoms with van der Waals surface area (Å²) in [5.41, 5.74) is 3.09. The predicted molar refractivity (Wildman–Crippen MR) is 91.4 cm³/mol. The summed E-state index contributed by atoms with van der Waals surface area (Å²) in [5, 5.41) is 2.85. The molecule has 0 fully saturated rings. The van der Waals surface area contributed by atoms with Gasteiger partial charge in [0, 0.05) is 36.3 Å². The number of nitrogen functional groups attached to an aromatic ring is 1. The minimum atomic E-state index is -4.70. The van der Waals surface area contributed by atoms with Gasteiger partial charge in [0.25, 0.3) is 5.56 Å². The van der Waals surface area contributed by atoms with Crippen LogP contribution >= 0.6 is 0 Å². The van der Waals surface area contributed by atoms with E-state index in [1.165, 1.54) is 25.4 Å². The second-order valence-electron chi connectivity index (χ2n) is 5.80. The number of alkyl halides is 3. The van der Waals surface area contributed by atoms with Crippen LogP contribution in [0.1, 0.15) is 0 Å². The lowest BCUT2D eigenvalue weighted by Gasteiger charge is -2.16. The van der Waals surface area contributed by atoms with E-state index in [9.17, 15) is 26.7 Å². The van der Waals surface area contributed by atoms with Crippen molar-refractivity contribution in [2.45, 2.75) is 12.7 Å². The standard InChI is InChI=1S/C17H13F5N4O/c1-24-15-5-14-8(6-25-15)2-10(16(27)26(14)7-17(20,21)22)9-3-13(23)12(19)4-11(9)18/h2-6H,7,23H2,1H3,(H,24,25). The predicted octanol–water partition coefficient (Wildman–Crippen LogP) is 3.53. The molecule has 5 nitrogen and oxygen atoms in total. The van der Waals surface area contributed by atoms with E-state index in [1.54, 1.807) is 0 Å². The number of pyridine rings is 2. The molecule has 0 aliphatic heterocycles. The highest BCUT2D eigenvalue weighted by Crippen LogP contribution is 2.29. The second kappa shape index (κ2) is 6.53. The molecule has 2 heterocycles. The number of hydrogen-bond donors (Lipinski definition) is 2. The minimum absolute atomic E-state index is 0.0316. The average Bonchev–Trinajstić information content (AvgIpc) is 2.59. The first-order chi connectivity index (χ1) is 12.6. The van der Waals surface area contributed by atoms with Crippen LogP contribution in [0.15, 0.2) is 35.3 Å². The Morgan fingerprint density at radius 3 is 2.44 bits per heavy atom. The molecule has 3 N–H and O–H groups in total. The molecule has 0 amide bonds. The van der Waals surface area contributed by atoms with Crippen LogP contribution in [0.3, 0.4) is 0 Å². The fraction of sp³-hybridized carbons (Fsp3) is 0.176. The number of aromatic nitrogens is 2. The first kappa shape index (κ1) is 18.6. The number of hydrogen-bond acceptors (Lipinski definition) is 4. The summed E-state index contributed by atoms with van der Waals surface area (Å²) >= 11 is 0. The van der Waals surface area contributed by atoms with E-state index in [-0.39, 0.29) is 22.3 Å². The number of fused-ring (bicyclic) bond motifs is 1. The van der Waals surface area contributed by atoms with Crippen LogP contribution in [0.4, 0.5) is 33.5 Å². The summed E-state index contributed by atoms with van der Waals surface area (Å²) in [7, 11) is 1.52. The Morgan fingerprint density at radius 2 is 1.81 bits per heavy atom. The quantitative estimate of drug-likeness (QED) is 0.535. The zero-order valence-electron chi connectivity index (χ0n) is 13.9. The topological polar surface area (TPSA) is 72.9 Å². The van der Waals surface area contributed by atoms with Crippen LogP contribution in [-0.2, 0) is 6.54 Å². The first-order valence-electron chi connectivity index (χ1n) is 7.63. The van der Waals surface area contributed by atoms with E-state index in [1.807, 2.05) is 0 Å². The van der Waals surface area contributed by atoms with Gasteiger partial charge in [0.15, 0.2) is 0 Å². The Bertz CT molecular complexity index is 1090. The third kappa shape index (κ3) is 3.55. The van der Waals surface area contributed by atoms with Gasteiger partial charge in [0.1, 0.15) is 24.0 Å². The van der Waals surface area contributed by atoms with E-state index in [0.717, 1.165) is 6.07 Å². The molecule has 0 atom stereocenters. The van der Waals surface area contributed by atoms with Crippen molar-refractivity contribution in [2.24, 2.45) is 0 Å². The summed E-state index contributed by atoms with van der Waals surface area (Å²) in [6.45, 7) is -1.58. The number of nitrogens with zero attached hydrogens (tertiary/aromatic N) is 2. The first-order valence-corrected chi connectivity index (χ1v) is 7.63. The smallest absolute Gasteiger partial charge is 0.396 e. The number of nitrogens with two attached hydrogens (primary N) is 1. The van der Waals surface area contributed by atoms with Crippen LogP contribution in [0.5, 0.6) is 0 Å². The van der Waals surface area contributed by atoms with Crippen molar-refractivity contribution in [3.63, 3.8) is 0 Å². The zero-order valence-corrected chi connectivity index (χ0v) is 13.9. The van der Waals surface area contributed by atoms with E-state index in [2.05, 4.69) is 10.3 Å². The highest BCUT2D eigenvalue weighted by Gasteiger charge is 2.30. The molecule has 27 heavy (non-hydrogen) atoms. The van der Waals surface area contributed by atoms with E-state index >= 15 is 0 Å². The largest absolute Gasteiger partial charge is 0.406 e. The number of rotatable bonds is 3. The molecular formula is C17H13F5N4O. The van der Waals surface area contributed by atoms with E-state index in [4.69, 9.17) is 5.73 Å². The van der Waals surface area contributed by atoms with Gasteiger partial charge in [0.05, 0.1) is 16.8 Å². The zero-order chi connectivity index (χ0) is 19.9. The van der Waals surface area contributed by atoms with Gasteiger partial charge in [-0.05, 0) is 12.1 Å². The fourth-order valence-corrected chi connectivity index (χ4v) is 2.71. The molecule has 0 spiro atoms. The lowest BCUT2D eigenvalue weighted by atomic mass is 10.0. The van der Waals surface area contributed by atoms with E-state index < -0.39 is 41.2 Å². The molecule has 142 valence electrons. The van der Waals surface area contributed by atoms with Crippen LogP contribution in [-0.4, -0.2) is 22.8 Å². The second-order valence-corrected chi connectivity index (χ2v) is 5.80. The molecule has 3 aromatic rings. The highest BCUT2D eigenvalue weighted by molar-refractivity contribution is 5.85. The molecule has 2 aromatic heterocycles. The van der Waals surface area contributed by atoms with Gasteiger partial charge in [0.2, 0.25) is 0 Å². The van der Waals surface area contributed by atoms with Gasteiger partial charge >= 0.3 is 6.18 Å². The number of anilines is 2. The van der Waals surface area contributed by atoms with Gasteiger partial charge in [-0.15, -0.1) is 0 Å². The van der Waals surface area contributed by atoms with Gasteiger partial charge in [-0.3, -0.25) is 9.36 Å². The van der Waals surface area contributed by atoms with Crippen LogP contribution in [0, 0.1) is 11.6 Å². The third-order valence-corrected chi connectivity index (χ3v) is 3.95. The molecule has 0 radical (unpaired) electrons. The normalized spacial score (nSPS) is 11.8. The van der Waals surface area contributed by atoms with Gasteiger partial charge < -0.3 is 11.1 Å². The molecule has 0 aliphatic rings. The maximum Gasteiger partial charge on any atom is 0.406 e. The molecule has 0 saturated heterocycles. The molecule has 1 aromatic carbocycles. The van der Waals surface area contributed by atoms with Crippen molar-refractivity contribution in [3.05, 3.63) is 52.5 Å². The van der Waals surface area contributed by atoms with Gasteiger partial charge in [-0.2, -0.15) is 13.2 Å². The summed E-state index contributed by atoms with van der Waals surface area (Å²) < 4.78 is 67.2. The van der Waals surface area contributed by atoms with Crippen molar-refractivity contribution in [1.82, 2.24) is 9.55 Å². The van der Waals surface area contributed by atoms with Gasteiger partial charge in [-0.1, -0.05) is 0 Å². The van der Waals surface area contributed by atoms with Crippen LogP contribution < -0.4 is 16.6 Å². The lowest BCUT2D eigenvalue weighted by molar-refractivity contribution is -0.140. The SMILES string of the molecule is CNc1cc2c(cn1)cc(-c1cc(N)c(F)cc1F)c(=O)n2CC(F)(F)F. The Labute approximate surface area is 149 Å². The summed E-state index contributed by atoms with van der Waals surface area (Å²) in [6, 6.07) is 3.83. The molecule has 0 aliphatic carbocycles. The molecular weight excluding hydrogens is 371 g/mol. The molecule has 0 unspecified atom stereocenters. The highest BCUT2D eigenvalue weighted by atomic mass is 19.4. The number of benzene rings is 1. The molecule has 0 bridgehead atoms. The van der Waals surface area contributed by atoms with Gasteiger partial charge in [-0.25, -0.2) is 13.8 Å². The minimum Gasteiger partial charge on any atom is -0.396 e. The Morgan fingerprint density at radius 1 is 1.11 bits per heavy atom. The molecule has 10 heteroatoms. The Balaban J connectivity index is 2.37. The number of halogens is 5. The van der Waals surface area contributed by atoms with E-state index in [0.29, 0.717) is 10.6 Å². The van der Waals surface area contributed by atoms with Crippen LogP contribution in [0.2, 0.25) is 0 Å². The monoisotopic (exact) mass is 384 g/mol.